The van der Waals surface area contributed by atoms with Gasteiger partial charge in [0.1, 0.15) is 6.29 Å². The van der Waals surface area contributed by atoms with Crippen LogP contribution in [0.4, 0.5) is 0 Å². The Labute approximate surface area is 125 Å². The summed E-state index contributed by atoms with van der Waals surface area (Å²) in [6.07, 6.45) is 2.52. The fourth-order valence-electron chi connectivity index (χ4n) is 3.18. The van der Waals surface area contributed by atoms with E-state index in [0.29, 0.717) is 35.2 Å². The van der Waals surface area contributed by atoms with Crippen LogP contribution in [0.3, 0.4) is 0 Å². The van der Waals surface area contributed by atoms with Gasteiger partial charge in [-0.3, -0.25) is 4.79 Å². The van der Waals surface area contributed by atoms with Crippen molar-refractivity contribution in [3.05, 3.63) is 11.6 Å². The van der Waals surface area contributed by atoms with E-state index in [1.54, 1.807) is 13.0 Å². The lowest BCUT2D eigenvalue weighted by atomic mass is 10.2. The average Bonchev–Trinajstić information content (AvgIpc) is 2.35. The molecule has 0 saturated carbocycles. The summed E-state index contributed by atoms with van der Waals surface area (Å²) in [6.45, 7) is 15.5. The summed E-state index contributed by atoms with van der Waals surface area (Å²) in [7, 11) is -1.91. The SMILES string of the molecule is C/C(C=O)=C\C[C@@H](O)CO[Si](C(C)C)(C(C)C)C(C)C. The van der Waals surface area contributed by atoms with Crippen LogP contribution in [0.1, 0.15) is 54.9 Å². The molecule has 0 aliphatic carbocycles. The van der Waals surface area contributed by atoms with Gasteiger partial charge >= 0.3 is 0 Å². The molecule has 0 fully saturated rings. The maximum atomic E-state index is 10.5. The van der Waals surface area contributed by atoms with E-state index < -0.39 is 14.4 Å². The highest BCUT2D eigenvalue weighted by Gasteiger charge is 2.45. The van der Waals surface area contributed by atoms with E-state index in [0.717, 1.165) is 6.29 Å². The summed E-state index contributed by atoms with van der Waals surface area (Å²) in [5, 5.41) is 10.0. The highest BCUT2D eigenvalue weighted by molar-refractivity contribution is 6.77. The van der Waals surface area contributed by atoms with Gasteiger partial charge in [-0.05, 0) is 35.5 Å². The lowest BCUT2D eigenvalue weighted by molar-refractivity contribution is -0.104. The van der Waals surface area contributed by atoms with Gasteiger partial charge < -0.3 is 9.53 Å². The molecule has 0 spiro atoms. The molecule has 0 heterocycles. The quantitative estimate of drug-likeness (QED) is 0.396. The van der Waals surface area contributed by atoms with Gasteiger partial charge in [0.2, 0.25) is 0 Å². The largest absolute Gasteiger partial charge is 0.413 e. The molecule has 0 rings (SSSR count). The van der Waals surface area contributed by atoms with Crippen molar-refractivity contribution >= 4 is 14.6 Å². The highest BCUT2D eigenvalue weighted by atomic mass is 28.4. The van der Waals surface area contributed by atoms with Crippen molar-refractivity contribution in [3.8, 4) is 0 Å². The van der Waals surface area contributed by atoms with Crippen molar-refractivity contribution in [2.45, 2.75) is 77.6 Å². The zero-order chi connectivity index (χ0) is 15.9. The zero-order valence-corrected chi connectivity index (χ0v) is 15.1. The molecule has 0 aliphatic heterocycles. The Morgan fingerprint density at radius 2 is 1.55 bits per heavy atom. The fourth-order valence-corrected chi connectivity index (χ4v) is 8.66. The van der Waals surface area contributed by atoms with E-state index in [-0.39, 0.29) is 0 Å². The first-order chi connectivity index (χ1) is 9.18. The van der Waals surface area contributed by atoms with Crippen molar-refractivity contribution in [2.75, 3.05) is 6.61 Å². The summed E-state index contributed by atoms with van der Waals surface area (Å²) in [6, 6.07) is 0. The second-order valence-electron chi connectivity index (χ2n) is 6.58. The molecule has 118 valence electrons. The third-order valence-corrected chi connectivity index (χ3v) is 10.2. The normalized spacial score (nSPS) is 15.2. The van der Waals surface area contributed by atoms with Gasteiger partial charge in [0.25, 0.3) is 0 Å². The molecule has 0 bridgehead atoms. The van der Waals surface area contributed by atoms with Crippen LogP contribution < -0.4 is 0 Å². The minimum Gasteiger partial charge on any atom is -0.413 e. The summed E-state index contributed by atoms with van der Waals surface area (Å²) in [4.78, 5) is 10.5. The van der Waals surface area contributed by atoms with Gasteiger partial charge in [0.05, 0.1) is 12.7 Å². The Hall–Kier alpha value is -0.453. The lowest BCUT2D eigenvalue weighted by Crippen LogP contribution is -2.49. The second-order valence-corrected chi connectivity index (χ2v) is 12.0. The van der Waals surface area contributed by atoms with Gasteiger partial charge in [-0.2, -0.15) is 0 Å². The van der Waals surface area contributed by atoms with Crippen LogP contribution in [-0.4, -0.2) is 32.4 Å². The minimum atomic E-state index is -1.91. The number of hydrogen-bond donors (Lipinski definition) is 1. The Morgan fingerprint density at radius 3 is 1.90 bits per heavy atom. The van der Waals surface area contributed by atoms with Crippen molar-refractivity contribution in [1.82, 2.24) is 0 Å². The Kier molecular flexibility index (Phi) is 8.55. The summed E-state index contributed by atoms with van der Waals surface area (Å²) in [5.41, 5.74) is 2.20. The molecule has 0 aromatic rings. The summed E-state index contributed by atoms with van der Waals surface area (Å²) in [5.74, 6) is 0. The van der Waals surface area contributed by atoms with Gasteiger partial charge in [0.15, 0.2) is 8.32 Å². The van der Waals surface area contributed by atoms with Gasteiger partial charge in [-0.1, -0.05) is 47.6 Å². The molecule has 3 nitrogen and oxygen atoms in total. The van der Waals surface area contributed by atoms with Crippen molar-refractivity contribution in [1.29, 1.82) is 0 Å². The highest BCUT2D eigenvalue weighted by Crippen LogP contribution is 2.42. The molecule has 4 heteroatoms. The van der Waals surface area contributed by atoms with Crippen LogP contribution in [0.5, 0.6) is 0 Å². The third-order valence-electron chi connectivity index (χ3n) is 4.13. The van der Waals surface area contributed by atoms with Crippen molar-refractivity contribution < 1.29 is 14.3 Å². The average molecular weight is 301 g/mol. The second kappa shape index (κ2) is 8.75. The first kappa shape index (κ1) is 19.5. The first-order valence-corrected chi connectivity index (χ1v) is 9.76. The van der Waals surface area contributed by atoms with Crippen LogP contribution in [0, 0.1) is 0 Å². The van der Waals surface area contributed by atoms with Gasteiger partial charge in [0, 0.05) is 0 Å². The molecule has 0 radical (unpaired) electrons. The maximum Gasteiger partial charge on any atom is 0.200 e. The molecule has 0 aromatic carbocycles. The summed E-state index contributed by atoms with van der Waals surface area (Å²) < 4.78 is 6.31. The molecule has 1 atom stereocenters. The zero-order valence-electron chi connectivity index (χ0n) is 14.1. The lowest BCUT2D eigenvalue weighted by Gasteiger charge is -2.42. The Balaban J connectivity index is 4.74. The Morgan fingerprint density at radius 1 is 1.10 bits per heavy atom. The maximum absolute atomic E-state index is 10.5. The molecule has 0 amide bonds. The predicted molar refractivity (Wildman–Crippen MR) is 87.4 cm³/mol. The predicted octanol–water partition coefficient (Wildman–Crippen LogP) is 4.07. The molecule has 0 aliphatic rings. The van der Waals surface area contributed by atoms with Gasteiger partial charge in [-0.15, -0.1) is 0 Å². The smallest absolute Gasteiger partial charge is 0.200 e. The summed E-state index contributed by atoms with van der Waals surface area (Å²) >= 11 is 0. The number of aldehydes is 1. The van der Waals surface area contributed by atoms with Crippen LogP contribution in [0.25, 0.3) is 0 Å². The number of rotatable bonds is 9. The van der Waals surface area contributed by atoms with E-state index in [4.69, 9.17) is 4.43 Å². The molecule has 0 saturated heterocycles. The van der Waals surface area contributed by atoms with Crippen molar-refractivity contribution in [2.24, 2.45) is 0 Å². The minimum absolute atomic E-state index is 0.364. The number of hydrogen-bond acceptors (Lipinski definition) is 3. The molecule has 1 N–H and O–H groups in total. The number of aliphatic hydroxyl groups is 1. The number of carbonyl (C=O) groups is 1. The van der Waals surface area contributed by atoms with Crippen LogP contribution in [0.2, 0.25) is 16.6 Å². The van der Waals surface area contributed by atoms with E-state index in [9.17, 15) is 9.90 Å². The molecular formula is C16H32O3Si. The van der Waals surface area contributed by atoms with Crippen molar-refractivity contribution in [3.63, 3.8) is 0 Å². The van der Waals surface area contributed by atoms with E-state index >= 15 is 0 Å². The van der Waals surface area contributed by atoms with Crippen LogP contribution >= 0.6 is 0 Å². The van der Waals surface area contributed by atoms with Crippen LogP contribution in [-0.2, 0) is 9.22 Å². The van der Waals surface area contributed by atoms with E-state index in [1.165, 1.54) is 0 Å². The monoisotopic (exact) mass is 300 g/mol. The first-order valence-electron chi connectivity index (χ1n) is 7.62. The fraction of sp³-hybridized carbons (Fsp3) is 0.812. The number of aliphatic hydroxyl groups excluding tert-OH is 1. The molecular weight excluding hydrogens is 268 g/mol. The van der Waals surface area contributed by atoms with E-state index in [2.05, 4.69) is 41.5 Å². The van der Waals surface area contributed by atoms with Crippen LogP contribution in [0.15, 0.2) is 11.6 Å². The molecule has 0 unspecified atom stereocenters. The topological polar surface area (TPSA) is 46.5 Å². The Bertz CT molecular complexity index is 300. The van der Waals surface area contributed by atoms with Gasteiger partial charge in [-0.25, -0.2) is 0 Å². The third kappa shape index (κ3) is 5.15. The number of allylic oxidation sites excluding steroid dienone is 1. The molecule has 0 aromatic heterocycles. The standard InChI is InChI=1S/C16H32O3Si/c1-12(2)20(13(3)4,14(5)6)19-11-16(18)9-8-15(7)10-17/h8,10,12-14,16,18H,9,11H2,1-7H3/b15-8+/t16-/m1/s1. The number of carbonyl (C=O) groups excluding carboxylic acids is 1. The van der Waals surface area contributed by atoms with E-state index in [1.807, 2.05) is 0 Å². The molecule has 20 heavy (non-hydrogen) atoms.